The summed E-state index contributed by atoms with van der Waals surface area (Å²) in [7, 11) is -1.25. The van der Waals surface area contributed by atoms with Gasteiger partial charge in [0.2, 0.25) is 0 Å². The summed E-state index contributed by atoms with van der Waals surface area (Å²) in [4.78, 5) is 0. The van der Waals surface area contributed by atoms with E-state index in [0.29, 0.717) is 0 Å². The van der Waals surface area contributed by atoms with Crippen LogP contribution in [0.25, 0.3) is 5.57 Å². The van der Waals surface area contributed by atoms with Gasteiger partial charge in [0.05, 0.1) is 14.7 Å². The van der Waals surface area contributed by atoms with Gasteiger partial charge in [0, 0.05) is 0 Å². The summed E-state index contributed by atoms with van der Waals surface area (Å²) in [5.41, 5.74) is 1.86. The minimum absolute atomic E-state index is 0.0369. The van der Waals surface area contributed by atoms with Crippen molar-refractivity contribution in [3.8, 4) is 0 Å². The minimum atomic E-state index is -1.25. The molecule has 1 N–H and O–H groups in total. The SMILES string of the molecule is C=C(CO)c1cccc([Si](C)(C)C)c1. The molecule has 0 aliphatic heterocycles. The van der Waals surface area contributed by atoms with Crippen molar-refractivity contribution in [2.24, 2.45) is 0 Å². The van der Waals surface area contributed by atoms with Crippen molar-refractivity contribution in [2.75, 3.05) is 6.61 Å². The van der Waals surface area contributed by atoms with Gasteiger partial charge in [-0.2, -0.15) is 0 Å². The molecule has 0 fully saturated rings. The fourth-order valence-corrected chi connectivity index (χ4v) is 2.48. The molecule has 0 heterocycles. The lowest BCUT2D eigenvalue weighted by Gasteiger charge is -2.17. The Balaban J connectivity index is 3.08. The first-order valence-corrected chi connectivity index (χ1v) is 8.34. The second-order valence-corrected chi connectivity index (χ2v) is 9.67. The van der Waals surface area contributed by atoms with Gasteiger partial charge in [0.15, 0.2) is 0 Å². The van der Waals surface area contributed by atoms with E-state index in [2.05, 4.69) is 38.4 Å². The monoisotopic (exact) mass is 206 g/mol. The Morgan fingerprint density at radius 2 is 2.00 bits per heavy atom. The van der Waals surface area contributed by atoms with Gasteiger partial charge in [-0.15, -0.1) is 0 Å². The molecule has 0 unspecified atom stereocenters. The third-order valence-electron chi connectivity index (χ3n) is 2.33. The zero-order valence-electron chi connectivity index (χ0n) is 9.17. The maximum Gasteiger partial charge on any atom is 0.0776 e. The molecular weight excluding hydrogens is 188 g/mol. The number of hydrogen-bond acceptors (Lipinski definition) is 1. The summed E-state index contributed by atoms with van der Waals surface area (Å²) in [5.74, 6) is 0. The van der Waals surface area contributed by atoms with Crippen molar-refractivity contribution in [1.82, 2.24) is 0 Å². The lowest BCUT2D eigenvalue weighted by atomic mass is 10.1. The van der Waals surface area contributed by atoms with Gasteiger partial charge < -0.3 is 5.11 Å². The number of rotatable bonds is 3. The molecule has 0 spiro atoms. The van der Waals surface area contributed by atoms with Crippen LogP contribution in [0.5, 0.6) is 0 Å². The van der Waals surface area contributed by atoms with E-state index in [0.717, 1.165) is 11.1 Å². The molecule has 0 saturated heterocycles. The van der Waals surface area contributed by atoms with Gasteiger partial charge in [0.1, 0.15) is 0 Å². The summed E-state index contributed by atoms with van der Waals surface area (Å²) < 4.78 is 0. The number of aliphatic hydroxyl groups is 1. The maximum absolute atomic E-state index is 8.99. The first-order valence-electron chi connectivity index (χ1n) is 4.84. The molecule has 1 nitrogen and oxygen atoms in total. The molecule has 0 aromatic heterocycles. The third kappa shape index (κ3) is 2.56. The van der Waals surface area contributed by atoms with Crippen LogP contribution < -0.4 is 5.19 Å². The van der Waals surface area contributed by atoms with Gasteiger partial charge in [-0.25, -0.2) is 0 Å². The molecule has 2 heteroatoms. The molecule has 1 aromatic rings. The van der Waals surface area contributed by atoms with Crippen molar-refractivity contribution >= 4 is 18.8 Å². The third-order valence-corrected chi connectivity index (χ3v) is 4.37. The van der Waals surface area contributed by atoms with Gasteiger partial charge >= 0.3 is 0 Å². The molecule has 0 bridgehead atoms. The molecule has 0 aliphatic rings. The van der Waals surface area contributed by atoms with Gasteiger partial charge in [-0.1, -0.05) is 55.7 Å². The highest BCUT2D eigenvalue weighted by Crippen LogP contribution is 2.11. The Bertz CT molecular complexity index is 336. The van der Waals surface area contributed by atoms with Crippen LogP contribution in [-0.2, 0) is 0 Å². The Kier molecular flexibility index (Phi) is 3.29. The van der Waals surface area contributed by atoms with Crippen molar-refractivity contribution in [3.63, 3.8) is 0 Å². The Hall–Kier alpha value is -0.863. The molecular formula is C12H18OSi. The lowest BCUT2D eigenvalue weighted by molar-refractivity contribution is 0.350. The molecule has 0 amide bonds. The van der Waals surface area contributed by atoms with Crippen LogP contribution in [0, 0.1) is 0 Å². The zero-order chi connectivity index (χ0) is 10.8. The fourth-order valence-electron chi connectivity index (χ4n) is 1.30. The molecule has 76 valence electrons. The maximum atomic E-state index is 8.99. The van der Waals surface area contributed by atoms with E-state index in [1.807, 2.05) is 12.1 Å². The summed E-state index contributed by atoms with van der Waals surface area (Å²) in [6.45, 7) is 10.8. The van der Waals surface area contributed by atoms with Crippen molar-refractivity contribution in [2.45, 2.75) is 19.6 Å². The summed E-state index contributed by atoms with van der Waals surface area (Å²) in [6.07, 6.45) is 0. The molecule has 0 aliphatic carbocycles. The molecule has 14 heavy (non-hydrogen) atoms. The smallest absolute Gasteiger partial charge is 0.0776 e. The first kappa shape index (κ1) is 11.2. The van der Waals surface area contributed by atoms with Crippen LogP contribution >= 0.6 is 0 Å². The van der Waals surface area contributed by atoms with Gasteiger partial charge in [-0.3, -0.25) is 0 Å². The highest BCUT2D eigenvalue weighted by atomic mass is 28.3. The quantitative estimate of drug-likeness (QED) is 0.752. The van der Waals surface area contributed by atoms with E-state index >= 15 is 0 Å². The van der Waals surface area contributed by atoms with Gasteiger partial charge in [0.25, 0.3) is 0 Å². The minimum Gasteiger partial charge on any atom is -0.392 e. The Morgan fingerprint density at radius 3 is 2.50 bits per heavy atom. The van der Waals surface area contributed by atoms with Crippen LogP contribution in [0.3, 0.4) is 0 Å². The van der Waals surface area contributed by atoms with E-state index in [1.54, 1.807) is 0 Å². The van der Waals surface area contributed by atoms with Crippen molar-refractivity contribution in [1.29, 1.82) is 0 Å². The molecule has 0 radical (unpaired) electrons. The van der Waals surface area contributed by atoms with E-state index in [1.165, 1.54) is 5.19 Å². The van der Waals surface area contributed by atoms with Crippen molar-refractivity contribution < 1.29 is 5.11 Å². The largest absolute Gasteiger partial charge is 0.392 e. The summed E-state index contributed by atoms with van der Waals surface area (Å²) in [6, 6.07) is 8.37. The van der Waals surface area contributed by atoms with E-state index in [4.69, 9.17) is 5.11 Å². The average Bonchev–Trinajstić information content (AvgIpc) is 2.15. The predicted molar refractivity (Wildman–Crippen MR) is 65.5 cm³/mol. The molecule has 0 atom stereocenters. The molecule has 0 saturated carbocycles. The van der Waals surface area contributed by atoms with Crippen molar-refractivity contribution in [3.05, 3.63) is 36.4 Å². The summed E-state index contributed by atoms with van der Waals surface area (Å²) in [5, 5.41) is 10.4. The highest BCUT2D eigenvalue weighted by Gasteiger charge is 2.16. The van der Waals surface area contributed by atoms with Crippen LogP contribution in [0.4, 0.5) is 0 Å². The number of benzene rings is 1. The Labute approximate surface area is 87.1 Å². The second-order valence-electron chi connectivity index (χ2n) is 4.59. The van der Waals surface area contributed by atoms with Crippen LogP contribution in [0.15, 0.2) is 30.8 Å². The topological polar surface area (TPSA) is 20.2 Å². The van der Waals surface area contributed by atoms with Crippen LogP contribution in [0.2, 0.25) is 19.6 Å². The molecule has 1 rings (SSSR count). The predicted octanol–water partition coefficient (Wildman–Crippen LogP) is 2.24. The first-order chi connectivity index (χ1) is 6.45. The highest BCUT2D eigenvalue weighted by molar-refractivity contribution is 6.88. The zero-order valence-corrected chi connectivity index (χ0v) is 10.2. The lowest BCUT2D eigenvalue weighted by Crippen LogP contribution is -2.37. The fraction of sp³-hybridized carbons (Fsp3) is 0.333. The number of hydrogen-bond donors (Lipinski definition) is 1. The van der Waals surface area contributed by atoms with E-state index in [9.17, 15) is 0 Å². The normalized spacial score (nSPS) is 11.4. The second kappa shape index (κ2) is 4.11. The van der Waals surface area contributed by atoms with E-state index < -0.39 is 8.07 Å². The number of aliphatic hydroxyl groups excluding tert-OH is 1. The molecule has 1 aromatic carbocycles. The van der Waals surface area contributed by atoms with Crippen LogP contribution in [-0.4, -0.2) is 19.8 Å². The van der Waals surface area contributed by atoms with Crippen LogP contribution in [0.1, 0.15) is 5.56 Å². The Morgan fingerprint density at radius 1 is 1.36 bits per heavy atom. The van der Waals surface area contributed by atoms with Gasteiger partial charge in [-0.05, 0) is 11.1 Å². The standard InChI is InChI=1S/C12H18OSi/c1-10(9-13)11-6-5-7-12(8-11)14(2,3)4/h5-8,13H,1,9H2,2-4H3. The average molecular weight is 206 g/mol. The van der Waals surface area contributed by atoms with E-state index in [-0.39, 0.29) is 6.61 Å². The summed E-state index contributed by atoms with van der Waals surface area (Å²) >= 11 is 0.